The Labute approximate surface area is 208 Å². The minimum absolute atomic E-state index is 0.181. The van der Waals surface area contributed by atoms with E-state index in [1.807, 2.05) is 42.5 Å². The second kappa shape index (κ2) is 9.05. The van der Waals surface area contributed by atoms with Crippen LogP contribution in [0.25, 0.3) is 21.9 Å². The summed E-state index contributed by atoms with van der Waals surface area (Å²) in [5.41, 5.74) is 3.65. The van der Waals surface area contributed by atoms with Crippen LogP contribution in [-0.4, -0.2) is 61.2 Å². The van der Waals surface area contributed by atoms with E-state index < -0.39 is 0 Å². The minimum Gasteiger partial charge on any atom is -0.494 e. The maximum Gasteiger partial charge on any atom is 0.258 e. The van der Waals surface area contributed by atoms with Gasteiger partial charge < -0.3 is 24.4 Å². The van der Waals surface area contributed by atoms with Crippen molar-refractivity contribution in [2.45, 2.75) is 0 Å². The summed E-state index contributed by atoms with van der Waals surface area (Å²) < 4.78 is 11.0. The smallest absolute Gasteiger partial charge is 0.258 e. The number of fused-ring (bicyclic) bond motifs is 2. The Hall–Kier alpha value is -4.30. The van der Waals surface area contributed by atoms with Gasteiger partial charge in [0.25, 0.3) is 5.56 Å². The number of aromatic amines is 1. The average molecular weight is 483 g/mol. The molecule has 4 aromatic rings. The SMILES string of the molecule is CN1CCN(c2ccc(N=Cc3c(O)[nH]c(=O)c4cccc(-c5ccc6c(c5)OCO6)c34)cc2)CC1. The van der Waals surface area contributed by atoms with Gasteiger partial charge in [-0.3, -0.25) is 14.8 Å². The normalized spacial score (nSPS) is 15.8. The van der Waals surface area contributed by atoms with Crippen LogP contribution in [-0.2, 0) is 0 Å². The van der Waals surface area contributed by atoms with Crippen molar-refractivity contribution in [1.29, 1.82) is 0 Å². The number of piperazine rings is 1. The van der Waals surface area contributed by atoms with Crippen LogP contribution in [0.15, 0.2) is 70.5 Å². The Balaban J connectivity index is 1.38. The van der Waals surface area contributed by atoms with Crippen molar-refractivity contribution in [2.75, 3.05) is 44.9 Å². The zero-order valence-corrected chi connectivity index (χ0v) is 19.9. The van der Waals surface area contributed by atoms with Gasteiger partial charge in [-0.05, 0) is 60.6 Å². The van der Waals surface area contributed by atoms with Crippen molar-refractivity contribution in [3.05, 3.63) is 76.6 Å². The van der Waals surface area contributed by atoms with Crippen LogP contribution in [0, 0.1) is 0 Å². The number of nitrogens with one attached hydrogen (secondary N) is 1. The molecule has 0 radical (unpaired) electrons. The molecule has 0 unspecified atom stereocenters. The van der Waals surface area contributed by atoms with Crippen molar-refractivity contribution >= 4 is 28.4 Å². The van der Waals surface area contributed by atoms with E-state index in [0.717, 1.165) is 43.0 Å². The number of hydrogen-bond donors (Lipinski definition) is 2. The number of aromatic hydroxyl groups is 1. The number of likely N-dealkylation sites (N-methyl/N-ethyl adjacent to an activating group) is 1. The third kappa shape index (κ3) is 4.05. The number of nitrogens with zero attached hydrogens (tertiary/aromatic N) is 3. The predicted octanol–water partition coefficient (Wildman–Crippen LogP) is 4.13. The maximum atomic E-state index is 12.7. The molecule has 1 saturated heterocycles. The fourth-order valence-electron chi connectivity index (χ4n) is 4.78. The maximum absolute atomic E-state index is 12.7. The van der Waals surface area contributed by atoms with E-state index in [2.05, 4.69) is 39.0 Å². The largest absolute Gasteiger partial charge is 0.494 e. The summed E-state index contributed by atoms with van der Waals surface area (Å²) in [6, 6.07) is 19.2. The number of aromatic nitrogens is 1. The second-order valence-electron chi connectivity index (χ2n) is 9.08. The van der Waals surface area contributed by atoms with E-state index in [1.54, 1.807) is 12.3 Å². The van der Waals surface area contributed by atoms with Gasteiger partial charge in [0.15, 0.2) is 11.5 Å². The summed E-state index contributed by atoms with van der Waals surface area (Å²) in [5.74, 6) is 1.11. The second-order valence-corrected chi connectivity index (χ2v) is 9.08. The number of ether oxygens (including phenoxy) is 2. The molecule has 182 valence electrons. The molecule has 6 rings (SSSR count). The Kier molecular flexibility index (Phi) is 5.58. The van der Waals surface area contributed by atoms with Gasteiger partial charge in [-0.2, -0.15) is 0 Å². The molecule has 36 heavy (non-hydrogen) atoms. The Morgan fingerprint density at radius 3 is 2.56 bits per heavy atom. The quantitative estimate of drug-likeness (QED) is 0.425. The molecule has 2 aliphatic heterocycles. The average Bonchev–Trinajstić information content (AvgIpc) is 3.37. The van der Waals surface area contributed by atoms with Gasteiger partial charge in [0.1, 0.15) is 0 Å². The molecule has 3 aromatic carbocycles. The van der Waals surface area contributed by atoms with Gasteiger partial charge in [0, 0.05) is 48.9 Å². The fourth-order valence-corrected chi connectivity index (χ4v) is 4.78. The van der Waals surface area contributed by atoms with Crippen molar-refractivity contribution in [3.63, 3.8) is 0 Å². The van der Waals surface area contributed by atoms with Crippen LogP contribution >= 0.6 is 0 Å². The van der Waals surface area contributed by atoms with Crippen LogP contribution in [0.3, 0.4) is 0 Å². The molecule has 1 aromatic heterocycles. The van der Waals surface area contributed by atoms with Crippen molar-refractivity contribution in [3.8, 4) is 28.5 Å². The number of hydrogen-bond acceptors (Lipinski definition) is 7. The molecule has 0 aliphatic carbocycles. The molecule has 2 aliphatic rings. The lowest BCUT2D eigenvalue weighted by Gasteiger charge is -2.34. The summed E-state index contributed by atoms with van der Waals surface area (Å²) in [5, 5.41) is 11.8. The van der Waals surface area contributed by atoms with E-state index in [4.69, 9.17) is 9.47 Å². The first-order chi connectivity index (χ1) is 17.6. The monoisotopic (exact) mass is 482 g/mol. The number of H-pyrrole nitrogens is 1. The molecule has 0 amide bonds. The highest BCUT2D eigenvalue weighted by molar-refractivity contribution is 6.09. The lowest BCUT2D eigenvalue weighted by molar-refractivity contribution is 0.174. The number of aliphatic imine (C=N–C) groups is 1. The van der Waals surface area contributed by atoms with Crippen molar-refractivity contribution < 1.29 is 14.6 Å². The predicted molar refractivity (Wildman–Crippen MR) is 141 cm³/mol. The van der Waals surface area contributed by atoms with Gasteiger partial charge >= 0.3 is 0 Å². The number of rotatable bonds is 4. The Bertz CT molecular complexity index is 1520. The Morgan fingerprint density at radius 2 is 1.75 bits per heavy atom. The lowest BCUT2D eigenvalue weighted by atomic mass is 9.96. The third-order valence-corrected chi connectivity index (χ3v) is 6.81. The molecule has 8 nitrogen and oxygen atoms in total. The molecule has 0 atom stereocenters. The van der Waals surface area contributed by atoms with E-state index in [1.165, 1.54) is 5.69 Å². The third-order valence-electron chi connectivity index (χ3n) is 6.81. The van der Waals surface area contributed by atoms with E-state index >= 15 is 0 Å². The highest BCUT2D eigenvalue weighted by Crippen LogP contribution is 2.39. The fraction of sp³-hybridized carbons (Fsp3) is 0.214. The van der Waals surface area contributed by atoms with Gasteiger partial charge in [0.2, 0.25) is 12.7 Å². The molecular weight excluding hydrogens is 456 g/mol. The van der Waals surface area contributed by atoms with Gasteiger partial charge in [-0.15, -0.1) is 0 Å². The van der Waals surface area contributed by atoms with E-state index in [-0.39, 0.29) is 18.2 Å². The topological polar surface area (TPSA) is 90.4 Å². The number of anilines is 1. The molecule has 1 fully saturated rings. The first-order valence-electron chi connectivity index (χ1n) is 11.9. The molecular formula is C28H26N4O4. The molecule has 0 saturated carbocycles. The number of pyridine rings is 1. The van der Waals surface area contributed by atoms with Crippen molar-refractivity contribution in [1.82, 2.24) is 9.88 Å². The van der Waals surface area contributed by atoms with Crippen LogP contribution in [0.4, 0.5) is 11.4 Å². The van der Waals surface area contributed by atoms with Crippen LogP contribution < -0.4 is 19.9 Å². The van der Waals surface area contributed by atoms with Gasteiger partial charge in [-0.25, -0.2) is 0 Å². The van der Waals surface area contributed by atoms with Crippen molar-refractivity contribution in [2.24, 2.45) is 4.99 Å². The molecule has 0 spiro atoms. The summed E-state index contributed by atoms with van der Waals surface area (Å²) in [6.07, 6.45) is 1.61. The highest BCUT2D eigenvalue weighted by atomic mass is 16.7. The summed E-state index contributed by atoms with van der Waals surface area (Å²) >= 11 is 0. The molecule has 8 heteroatoms. The van der Waals surface area contributed by atoms with E-state index in [0.29, 0.717) is 27.8 Å². The van der Waals surface area contributed by atoms with Gasteiger partial charge in [0.05, 0.1) is 11.3 Å². The summed E-state index contributed by atoms with van der Waals surface area (Å²) in [4.78, 5) is 24.6. The zero-order chi connectivity index (χ0) is 24.6. The van der Waals surface area contributed by atoms with Crippen LogP contribution in [0.1, 0.15) is 5.56 Å². The standard InChI is InChI=1S/C28H26N4O4/c1-31-11-13-32(14-12-31)20-8-6-19(7-9-20)29-16-23-26-21(3-2-4-22(26)27(33)30-28(23)34)18-5-10-24-25(15-18)36-17-35-24/h2-10,15-16H,11-14,17H2,1H3,(H2,30,33,34). The van der Waals surface area contributed by atoms with Crippen LogP contribution in [0.2, 0.25) is 0 Å². The van der Waals surface area contributed by atoms with Crippen LogP contribution in [0.5, 0.6) is 17.4 Å². The molecule has 2 N–H and O–H groups in total. The first-order valence-corrected chi connectivity index (χ1v) is 11.9. The minimum atomic E-state index is -0.362. The van der Waals surface area contributed by atoms with Gasteiger partial charge in [-0.1, -0.05) is 18.2 Å². The number of benzene rings is 3. The summed E-state index contributed by atoms with van der Waals surface area (Å²) in [6.45, 7) is 4.27. The molecule has 3 heterocycles. The van der Waals surface area contributed by atoms with E-state index in [9.17, 15) is 9.90 Å². The molecule has 0 bridgehead atoms. The lowest BCUT2D eigenvalue weighted by Crippen LogP contribution is -2.44. The summed E-state index contributed by atoms with van der Waals surface area (Å²) in [7, 11) is 2.14. The Morgan fingerprint density at radius 1 is 0.972 bits per heavy atom. The zero-order valence-electron chi connectivity index (χ0n) is 19.9. The first kappa shape index (κ1) is 22.2. The highest BCUT2D eigenvalue weighted by Gasteiger charge is 2.18.